The molecule has 1 aliphatic rings. The second kappa shape index (κ2) is 11.6. The van der Waals surface area contributed by atoms with Gasteiger partial charge in [-0.3, -0.25) is 15.3 Å². The highest BCUT2D eigenvalue weighted by Gasteiger charge is 2.12. The molecule has 1 fully saturated rings. The van der Waals surface area contributed by atoms with E-state index in [9.17, 15) is 0 Å². The molecule has 1 aliphatic heterocycles. The maximum absolute atomic E-state index is 8.66. The first-order valence-corrected chi connectivity index (χ1v) is 11.6. The maximum Gasteiger partial charge on any atom is 0.0862 e. The second-order valence-electron chi connectivity index (χ2n) is 8.39. The predicted molar refractivity (Wildman–Crippen MR) is 138 cm³/mol. The van der Waals surface area contributed by atoms with Crippen LogP contribution in [0.3, 0.4) is 0 Å². The number of morpholine rings is 1. The number of allylic oxidation sites excluding steroid dienone is 1. The van der Waals surface area contributed by atoms with Crippen LogP contribution in [-0.4, -0.2) is 55.0 Å². The topological polar surface area (TPSA) is 113 Å². The van der Waals surface area contributed by atoms with E-state index in [1.165, 1.54) is 5.56 Å². The van der Waals surface area contributed by atoms with Crippen LogP contribution in [0.4, 0.5) is 5.69 Å². The Morgan fingerprint density at radius 2 is 1.94 bits per heavy atom. The fraction of sp³-hybridized carbons (Fsp3) is 0.259. The molecule has 0 radical (unpaired) electrons. The highest BCUT2D eigenvalue weighted by molar-refractivity contribution is 6.15. The number of hydrogen-bond donors (Lipinski definition) is 4. The van der Waals surface area contributed by atoms with Crippen LogP contribution in [-0.2, 0) is 11.3 Å². The third kappa shape index (κ3) is 6.29. The van der Waals surface area contributed by atoms with Gasteiger partial charge in [-0.15, -0.1) is 0 Å². The van der Waals surface area contributed by atoms with Gasteiger partial charge < -0.3 is 21.5 Å². The van der Waals surface area contributed by atoms with Gasteiger partial charge in [-0.1, -0.05) is 36.4 Å². The number of nitrogen functional groups attached to an aromatic ring is 1. The van der Waals surface area contributed by atoms with Gasteiger partial charge in [-0.25, -0.2) is 0 Å². The molecule has 0 unspecified atom stereocenters. The van der Waals surface area contributed by atoms with Crippen molar-refractivity contribution in [3.63, 3.8) is 0 Å². The molecule has 7 nitrogen and oxygen atoms in total. The summed E-state index contributed by atoms with van der Waals surface area (Å²) in [6, 6.07) is 17.7. The van der Waals surface area contributed by atoms with E-state index >= 15 is 0 Å². The van der Waals surface area contributed by atoms with Crippen LogP contribution in [0.15, 0.2) is 72.7 Å². The predicted octanol–water partition coefficient (Wildman–Crippen LogP) is 3.12. The number of hydrogen-bond acceptors (Lipinski definition) is 7. The third-order valence-electron chi connectivity index (χ3n) is 5.92. The number of nitrogens with zero attached hydrogens (tertiary/aromatic N) is 2. The molecule has 3 aromatic rings. The molecule has 176 valence electrons. The Bertz CT molecular complexity index is 1140. The first kappa shape index (κ1) is 23.6. The normalized spacial score (nSPS) is 14.8. The van der Waals surface area contributed by atoms with Crippen molar-refractivity contribution in [1.29, 1.82) is 5.41 Å². The van der Waals surface area contributed by atoms with Crippen LogP contribution in [0.5, 0.6) is 0 Å². The van der Waals surface area contributed by atoms with Crippen LogP contribution in [0.25, 0.3) is 17.2 Å². The molecule has 6 N–H and O–H groups in total. The van der Waals surface area contributed by atoms with Crippen LogP contribution in [0, 0.1) is 5.41 Å². The number of pyridine rings is 1. The minimum Gasteiger partial charge on any atom is -0.398 e. The number of ether oxygens (including phenoxy) is 1. The Morgan fingerprint density at radius 1 is 1.09 bits per heavy atom. The lowest BCUT2D eigenvalue weighted by Gasteiger charge is -2.26. The van der Waals surface area contributed by atoms with Gasteiger partial charge >= 0.3 is 0 Å². The van der Waals surface area contributed by atoms with Crippen molar-refractivity contribution in [3.8, 4) is 11.1 Å². The minimum absolute atomic E-state index is 0.206. The molecular weight excluding hydrogens is 424 g/mol. The molecule has 0 spiro atoms. The molecule has 1 aromatic heterocycles. The van der Waals surface area contributed by atoms with Crippen molar-refractivity contribution < 1.29 is 4.74 Å². The summed E-state index contributed by atoms with van der Waals surface area (Å²) in [5.74, 6) is 0. The first-order valence-electron chi connectivity index (χ1n) is 11.6. The number of anilines is 1. The molecule has 0 bridgehead atoms. The summed E-state index contributed by atoms with van der Waals surface area (Å²) < 4.78 is 5.40. The van der Waals surface area contributed by atoms with Gasteiger partial charge in [0.2, 0.25) is 0 Å². The molecule has 7 heteroatoms. The second-order valence-corrected chi connectivity index (χ2v) is 8.39. The van der Waals surface area contributed by atoms with E-state index in [1.54, 1.807) is 12.4 Å². The van der Waals surface area contributed by atoms with Crippen molar-refractivity contribution in [3.05, 3.63) is 89.4 Å². The quantitative estimate of drug-likeness (QED) is 0.224. The van der Waals surface area contributed by atoms with Crippen LogP contribution in [0.1, 0.15) is 16.7 Å². The average molecular weight is 457 g/mol. The number of rotatable bonds is 9. The Kier molecular flexibility index (Phi) is 8.04. The molecule has 1 saturated heterocycles. The van der Waals surface area contributed by atoms with Crippen LogP contribution >= 0.6 is 0 Å². The SMILES string of the molecule is N=C(/C(N)=C/c1cccc(CNCCN2CCOCC2)c1)c1cc(-c2cccnc2)ccc1N. The Balaban J connectivity index is 1.40. The van der Waals surface area contributed by atoms with Gasteiger partial charge in [0, 0.05) is 61.9 Å². The highest BCUT2D eigenvalue weighted by Crippen LogP contribution is 2.25. The number of nitrogens with one attached hydrogen (secondary N) is 2. The monoisotopic (exact) mass is 456 g/mol. The van der Waals surface area contributed by atoms with E-state index in [1.807, 2.05) is 48.5 Å². The zero-order chi connectivity index (χ0) is 23.8. The molecule has 2 heterocycles. The van der Waals surface area contributed by atoms with E-state index in [4.69, 9.17) is 21.6 Å². The van der Waals surface area contributed by atoms with Crippen molar-refractivity contribution in [2.75, 3.05) is 45.1 Å². The van der Waals surface area contributed by atoms with Crippen molar-refractivity contribution in [1.82, 2.24) is 15.2 Å². The van der Waals surface area contributed by atoms with E-state index in [2.05, 4.69) is 27.3 Å². The lowest BCUT2D eigenvalue weighted by atomic mass is 9.98. The van der Waals surface area contributed by atoms with Crippen LogP contribution < -0.4 is 16.8 Å². The Labute approximate surface area is 201 Å². The standard InChI is InChI=1S/C27H32N6O/c28-25-7-6-22(23-5-2-8-31-19-23)17-24(25)27(30)26(29)16-20-3-1-4-21(15-20)18-32-9-10-33-11-13-34-14-12-33/h1-8,15-17,19,30,32H,9-14,18,28-29H2/b26-16-,30-27?. The van der Waals surface area contributed by atoms with Crippen LogP contribution in [0.2, 0.25) is 0 Å². The third-order valence-corrected chi connectivity index (χ3v) is 5.92. The molecule has 2 aromatic carbocycles. The fourth-order valence-electron chi connectivity index (χ4n) is 3.98. The number of benzene rings is 2. The van der Waals surface area contributed by atoms with Crippen molar-refractivity contribution >= 4 is 17.5 Å². The van der Waals surface area contributed by atoms with Gasteiger partial charge in [-0.2, -0.15) is 0 Å². The lowest BCUT2D eigenvalue weighted by Crippen LogP contribution is -2.40. The largest absolute Gasteiger partial charge is 0.398 e. The molecule has 0 saturated carbocycles. The summed E-state index contributed by atoms with van der Waals surface area (Å²) in [4.78, 5) is 6.59. The highest BCUT2D eigenvalue weighted by atomic mass is 16.5. The van der Waals surface area contributed by atoms with E-state index in [0.717, 1.165) is 62.6 Å². The zero-order valence-electron chi connectivity index (χ0n) is 19.3. The Hall–Kier alpha value is -3.52. The first-order chi connectivity index (χ1) is 16.6. The van der Waals surface area contributed by atoms with Gasteiger partial charge in [0.1, 0.15) is 0 Å². The summed E-state index contributed by atoms with van der Waals surface area (Å²) in [7, 11) is 0. The van der Waals surface area contributed by atoms with Gasteiger partial charge in [0.15, 0.2) is 0 Å². The molecule has 0 amide bonds. The summed E-state index contributed by atoms with van der Waals surface area (Å²) in [5, 5.41) is 12.2. The smallest absolute Gasteiger partial charge is 0.0862 e. The number of aromatic nitrogens is 1. The van der Waals surface area contributed by atoms with E-state index in [-0.39, 0.29) is 5.71 Å². The van der Waals surface area contributed by atoms with Crippen molar-refractivity contribution in [2.24, 2.45) is 5.73 Å². The fourth-order valence-corrected chi connectivity index (χ4v) is 3.98. The summed E-state index contributed by atoms with van der Waals surface area (Å²) >= 11 is 0. The van der Waals surface area contributed by atoms with E-state index in [0.29, 0.717) is 16.9 Å². The molecule has 0 atom stereocenters. The molecule has 34 heavy (non-hydrogen) atoms. The summed E-state index contributed by atoms with van der Waals surface area (Å²) in [6.45, 7) is 6.38. The average Bonchev–Trinajstić information content (AvgIpc) is 2.88. The van der Waals surface area contributed by atoms with Gasteiger partial charge in [-0.05, 0) is 41.0 Å². The number of nitrogens with two attached hydrogens (primary N) is 2. The molecule has 0 aliphatic carbocycles. The zero-order valence-corrected chi connectivity index (χ0v) is 19.3. The maximum atomic E-state index is 8.66. The van der Waals surface area contributed by atoms with Gasteiger partial charge in [0.05, 0.1) is 24.6 Å². The van der Waals surface area contributed by atoms with Crippen molar-refractivity contribution in [2.45, 2.75) is 6.54 Å². The van der Waals surface area contributed by atoms with E-state index < -0.39 is 0 Å². The minimum atomic E-state index is 0.206. The Morgan fingerprint density at radius 3 is 2.74 bits per heavy atom. The lowest BCUT2D eigenvalue weighted by molar-refractivity contribution is 0.0384. The summed E-state index contributed by atoms with van der Waals surface area (Å²) in [5.41, 5.74) is 18.3. The molecule has 4 rings (SSSR count). The molecular formula is C27H32N6O. The van der Waals surface area contributed by atoms with Gasteiger partial charge in [0.25, 0.3) is 0 Å². The summed E-state index contributed by atoms with van der Waals surface area (Å²) in [6.07, 6.45) is 5.35.